The molecule has 26 heavy (non-hydrogen) atoms. The number of benzene rings is 2. The van der Waals surface area contributed by atoms with Crippen LogP contribution in [0.25, 0.3) is 11.1 Å². The van der Waals surface area contributed by atoms with Gasteiger partial charge in [-0.15, -0.1) is 0 Å². The Kier molecular flexibility index (Phi) is 6.33. The van der Waals surface area contributed by atoms with Gasteiger partial charge in [0.15, 0.2) is 5.75 Å². The number of hydrogen-bond acceptors (Lipinski definition) is 3. The van der Waals surface area contributed by atoms with E-state index in [1.54, 1.807) is 49.4 Å². The van der Waals surface area contributed by atoms with Crippen LogP contribution < -0.4 is 16.0 Å². The molecule has 0 fully saturated rings. The number of carbonyl (C=O) groups excluding carboxylic acids is 1. The molecule has 2 aromatic rings. The highest BCUT2D eigenvalue weighted by molar-refractivity contribution is 5.98. The van der Waals surface area contributed by atoms with E-state index in [-0.39, 0.29) is 11.7 Å². The van der Waals surface area contributed by atoms with Crippen LogP contribution in [0.15, 0.2) is 78.7 Å². The SMILES string of the molecule is C=C/C(=C\C=C(\C)N)NC(=O)c1cccc(-c2ccc(OF)cc2)c1C. The first-order valence-corrected chi connectivity index (χ1v) is 8.02. The van der Waals surface area contributed by atoms with Crippen LogP contribution in [-0.4, -0.2) is 5.91 Å². The van der Waals surface area contributed by atoms with Gasteiger partial charge in [0, 0.05) is 21.5 Å². The predicted octanol–water partition coefficient (Wildman–Crippen LogP) is 4.59. The molecule has 2 rings (SSSR count). The summed E-state index contributed by atoms with van der Waals surface area (Å²) in [5, 5.41) is 2.81. The van der Waals surface area contributed by atoms with E-state index in [1.165, 1.54) is 12.1 Å². The molecule has 5 heteroatoms. The third-order valence-corrected chi connectivity index (χ3v) is 3.84. The van der Waals surface area contributed by atoms with Gasteiger partial charge >= 0.3 is 0 Å². The summed E-state index contributed by atoms with van der Waals surface area (Å²) in [6, 6.07) is 12.0. The molecule has 134 valence electrons. The van der Waals surface area contributed by atoms with E-state index < -0.39 is 0 Å². The number of halogens is 1. The van der Waals surface area contributed by atoms with Crippen molar-refractivity contribution in [3.8, 4) is 16.9 Å². The zero-order valence-electron chi connectivity index (χ0n) is 14.8. The molecule has 0 heterocycles. The smallest absolute Gasteiger partial charge is 0.255 e. The van der Waals surface area contributed by atoms with E-state index >= 15 is 0 Å². The molecule has 0 bridgehead atoms. The molecule has 3 N–H and O–H groups in total. The second kappa shape index (κ2) is 8.67. The molecule has 4 nitrogen and oxygen atoms in total. The van der Waals surface area contributed by atoms with Gasteiger partial charge < -0.3 is 11.1 Å². The molecule has 2 aromatic carbocycles. The van der Waals surface area contributed by atoms with Gasteiger partial charge in [-0.2, -0.15) is 0 Å². The van der Waals surface area contributed by atoms with Gasteiger partial charge in [0.25, 0.3) is 5.91 Å². The molecule has 0 unspecified atom stereocenters. The summed E-state index contributed by atoms with van der Waals surface area (Å²) >= 11 is 0. The molecule has 0 spiro atoms. The molecular weight excluding hydrogens is 331 g/mol. The first-order valence-electron chi connectivity index (χ1n) is 8.02. The lowest BCUT2D eigenvalue weighted by Crippen LogP contribution is -2.22. The summed E-state index contributed by atoms with van der Waals surface area (Å²) in [5.74, 6) is -0.119. The zero-order valence-corrected chi connectivity index (χ0v) is 14.8. The van der Waals surface area contributed by atoms with Crippen molar-refractivity contribution in [2.24, 2.45) is 5.73 Å². The summed E-state index contributed by atoms with van der Waals surface area (Å²) < 4.78 is 12.2. The van der Waals surface area contributed by atoms with Gasteiger partial charge in [-0.05, 0) is 67.0 Å². The average Bonchev–Trinajstić information content (AvgIpc) is 2.65. The van der Waals surface area contributed by atoms with Gasteiger partial charge in [0.2, 0.25) is 0 Å². The number of amides is 1. The maximum absolute atomic E-state index is 12.6. The Morgan fingerprint density at radius 2 is 1.88 bits per heavy atom. The van der Waals surface area contributed by atoms with Gasteiger partial charge in [-0.1, -0.05) is 30.8 Å². The lowest BCUT2D eigenvalue weighted by molar-refractivity contribution is -0.00618. The number of nitrogens with one attached hydrogen (secondary N) is 1. The second-order valence-corrected chi connectivity index (χ2v) is 5.77. The Balaban J connectivity index is 2.32. The topological polar surface area (TPSA) is 64.3 Å². The second-order valence-electron chi connectivity index (χ2n) is 5.77. The quantitative estimate of drug-likeness (QED) is 0.748. The molecule has 0 aromatic heterocycles. The standard InChI is InChI=1S/C21H21FN2O2/c1-4-17(11-8-14(2)23)24-21(25)20-7-5-6-19(15(20)3)16-9-12-18(26-22)13-10-16/h4-13H,1,23H2,2-3H3,(H,24,25)/b14-8-,17-11+. The number of carbonyl (C=O) groups is 1. The number of rotatable bonds is 6. The Morgan fingerprint density at radius 1 is 1.19 bits per heavy atom. The van der Waals surface area contributed by atoms with Crippen molar-refractivity contribution in [3.05, 3.63) is 89.8 Å². The highest BCUT2D eigenvalue weighted by atomic mass is 19.3. The molecule has 0 aliphatic heterocycles. The monoisotopic (exact) mass is 352 g/mol. The number of hydrogen-bond donors (Lipinski definition) is 2. The first kappa shape index (κ1) is 19.0. The van der Waals surface area contributed by atoms with Crippen LogP contribution in [0.3, 0.4) is 0 Å². The van der Waals surface area contributed by atoms with Crippen molar-refractivity contribution in [3.63, 3.8) is 0 Å². The van der Waals surface area contributed by atoms with Crippen molar-refractivity contribution in [1.29, 1.82) is 0 Å². The maximum atomic E-state index is 12.6. The minimum absolute atomic E-state index is 0.129. The summed E-state index contributed by atoms with van der Waals surface area (Å²) in [6.07, 6.45) is 4.93. The first-order chi connectivity index (χ1) is 12.5. The summed E-state index contributed by atoms with van der Waals surface area (Å²) in [4.78, 5) is 16.3. The van der Waals surface area contributed by atoms with Crippen molar-refractivity contribution in [2.75, 3.05) is 0 Å². The Hall–Kier alpha value is -3.34. The molecule has 0 atom stereocenters. The van der Waals surface area contributed by atoms with Crippen molar-refractivity contribution < 1.29 is 14.3 Å². The van der Waals surface area contributed by atoms with Crippen LogP contribution in [0.5, 0.6) is 5.75 Å². The fourth-order valence-corrected chi connectivity index (χ4v) is 2.46. The Labute approximate surface area is 152 Å². The fraction of sp³-hybridized carbons (Fsp3) is 0.0952. The van der Waals surface area contributed by atoms with E-state index in [0.717, 1.165) is 16.7 Å². The van der Waals surface area contributed by atoms with Gasteiger partial charge in [-0.25, -0.2) is 0 Å². The number of nitrogens with two attached hydrogens (primary N) is 1. The van der Waals surface area contributed by atoms with E-state index in [0.29, 0.717) is 17.0 Å². The van der Waals surface area contributed by atoms with E-state index in [4.69, 9.17) is 5.73 Å². The third kappa shape index (κ3) is 4.60. The van der Waals surface area contributed by atoms with Crippen LogP contribution in [0, 0.1) is 6.92 Å². The minimum Gasteiger partial charge on any atom is -0.402 e. The third-order valence-electron chi connectivity index (χ3n) is 3.84. The molecular formula is C21H21FN2O2. The molecule has 0 aliphatic rings. The number of allylic oxidation sites excluding steroid dienone is 4. The van der Waals surface area contributed by atoms with Crippen LogP contribution >= 0.6 is 0 Å². The summed E-state index contributed by atoms with van der Waals surface area (Å²) in [7, 11) is 0. The lowest BCUT2D eigenvalue weighted by Gasteiger charge is -2.12. The van der Waals surface area contributed by atoms with E-state index in [1.807, 2.05) is 13.0 Å². The van der Waals surface area contributed by atoms with Crippen LogP contribution in [0.4, 0.5) is 4.53 Å². The van der Waals surface area contributed by atoms with Gasteiger partial charge in [-0.3, -0.25) is 9.74 Å². The summed E-state index contributed by atoms with van der Waals surface area (Å²) in [5.41, 5.74) is 9.87. The van der Waals surface area contributed by atoms with E-state index in [2.05, 4.69) is 16.8 Å². The summed E-state index contributed by atoms with van der Waals surface area (Å²) in [6.45, 7) is 7.32. The van der Waals surface area contributed by atoms with Crippen LogP contribution in [0.2, 0.25) is 0 Å². The minimum atomic E-state index is -0.248. The fourth-order valence-electron chi connectivity index (χ4n) is 2.46. The normalized spacial score (nSPS) is 11.8. The molecule has 0 aliphatic carbocycles. The Bertz CT molecular complexity index is 864. The zero-order chi connectivity index (χ0) is 19.1. The van der Waals surface area contributed by atoms with E-state index in [9.17, 15) is 9.32 Å². The predicted molar refractivity (Wildman–Crippen MR) is 102 cm³/mol. The molecule has 0 saturated carbocycles. The molecule has 0 saturated heterocycles. The van der Waals surface area contributed by atoms with Crippen molar-refractivity contribution in [1.82, 2.24) is 5.32 Å². The lowest BCUT2D eigenvalue weighted by atomic mass is 9.96. The highest BCUT2D eigenvalue weighted by Gasteiger charge is 2.13. The van der Waals surface area contributed by atoms with Crippen molar-refractivity contribution >= 4 is 5.91 Å². The largest absolute Gasteiger partial charge is 0.402 e. The van der Waals surface area contributed by atoms with Crippen LogP contribution in [0.1, 0.15) is 22.8 Å². The molecule has 1 amide bonds. The average molecular weight is 352 g/mol. The van der Waals surface area contributed by atoms with Gasteiger partial charge in [0.1, 0.15) is 0 Å². The Morgan fingerprint density at radius 3 is 2.46 bits per heavy atom. The van der Waals surface area contributed by atoms with Crippen LogP contribution in [-0.2, 0) is 0 Å². The van der Waals surface area contributed by atoms with Gasteiger partial charge in [0.05, 0.1) is 0 Å². The molecule has 0 radical (unpaired) electrons. The highest BCUT2D eigenvalue weighted by Crippen LogP contribution is 2.27. The van der Waals surface area contributed by atoms with Crippen molar-refractivity contribution in [2.45, 2.75) is 13.8 Å². The maximum Gasteiger partial charge on any atom is 0.255 e.